The average molecular weight is 234 g/mol. The van der Waals surface area contributed by atoms with Crippen molar-refractivity contribution in [2.24, 2.45) is 11.7 Å². The summed E-state index contributed by atoms with van der Waals surface area (Å²) >= 11 is 0. The normalized spacial score (nSPS) is 17.0. The highest BCUT2D eigenvalue weighted by molar-refractivity contribution is 5.28. The Morgan fingerprint density at radius 1 is 1.29 bits per heavy atom. The van der Waals surface area contributed by atoms with Crippen LogP contribution in [0.1, 0.15) is 18.4 Å². The van der Waals surface area contributed by atoms with Crippen molar-refractivity contribution in [3.63, 3.8) is 0 Å². The molecule has 3 nitrogen and oxygen atoms in total. The van der Waals surface area contributed by atoms with Gasteiger partial charge in [-0.3, -0.25) is 0 Å². The van der Waals surface area contributed by atoms with E-state index in [0.29, 0.717) is 12.5 Å². The molecule has 17 heavy (non-hydrogen) atoms. The van der Waals surface area contributed by atoms with Crippen molar-refractivity contribution in [1.29, 1.82) is 0 Å². The lowest BCUT2D eigenvalue weighted by Gasteiger charge is -2.22. The molecule has 0 saturated carbocycles. The summed E-state index contributed by atoms with van der Waals surface area (Å²) in [5.74, 6) is 1.68. The van der Waals surface area contributed by atoms with Gasteiger partial charge in [0, 0.05) is 0 Å². The van der Waals surface area contributed by atoms with Gasteiger partial charge in [0.25, 0.3) is 0 Å². The van der Waals surface area contributed by atoms with Crippen molar-refractivity contribution in [3.8, 4) is 5.75 Å². The molecule has 1 aliphatic rings. The van der Waals surface area contributed by atoms with E-state index in [1.165, 1.54) is 18.4 Å². The monoisotopic (exact) mass is 234 g/mol. The van der Waals surface area contributed by atoms with Crippen LogP contribution in [0.2, 0.25) is 0 Å². The predicted molar refractivity (Wildman–Crippen MR) is 70.3 cm³/mol. The Labute approximate surface area is 103 Å². The maximum atomic E-state index is 5.86. The molecule has 1 heterocycles. The summed E-state index contributed by atoms with van der Waals surface area (Å²) < 4.78 is 5.86. The highest BCUT2D eigenvalue weighted by Gasteiger charge is 2.13. The van der Waals surface area contributed by atoms with Gasteiger partial charge in [-0.1, -0.05) is 12.1 Å². The van der Waals surface area contributed by atoms with Crippen LogP contribution in [0, 0.1) is 5.92 Å². The Hall–Kier alpha value is -1.06. The second-order valence-corrected chi connectivity index (χ2v) is 4.69. The second kappa shape index (κ2) is 6.62. The van der Waals surface area contributed by atoms with E-state index in [4.69, 9.17) is 10.5 Å². The molecule has 3 heteroatoms. The Kier molecular flexibility index (Phi) is 4.83. The minimum atomic E-state index is 0.692. The van der Waals surface area contributed by atoms with Crippen LogP contribution in [0.15, 0.2) is 24.3 Å². The first-order valence-corrected chi connectivity index (χ1v) is 6.51. The molecular formula is C14H22N2O. The maximum Gasteiger partial charge on any atom is 0.119 e. The molecular weight excluding hydrogens is 212 g/mol. The van der Waals surface area contributed by atoms with Crippen molar-refractivity contribution in [3.05, 3.63) is 29.8 Å². The molecule has 1 aromatic carbocycles. The molecule has 0 aliphatic carbocycles. The van der Waals surface area contributed by atoms with Crippen LogP contribution in [-0.4, -0.2) is 26.2 Å². The number of benzene rings is 1. The maximum absolute atomic E-state index is 5.86. The average Bonchev–Trinajstić information content (AvgIpc) is 2.39. The topological polar surface area (TPSA) is 47.3 Å². The van der Waals surface area contributed by atoms with Crippen molar-refractivity contribution >= 4 is 0 Å². The van der Waals surface area contributed by atoms with Crippen LogP contribution in [0.5, 0.6) is 5.75 Å². The molecule has 94 valence electrons. The van der Waals surface area contributed by atoms with Crippen LogP contribution in [-0.2, 0) is 6.42 Å². The van der Waals surface area contributed by atoms with Gasteiger partial charge in [0.2, 0.25) is 0 Å². The summed E-state index contributed by atoms with van der Waals surface area (Å²) in [6.07, 6.45) is 3.37. The van der Waals surface area contributed by atoms with Crippen LogP contribution < -0.4 is 15.8 Å². The Morgan fingerprint density at radius 2 is 2.12 bits per heavy atom. The van der Waals surface area contributed by atoms with Crippen molar-refractivity contribution in [1.82, 2.24) is 5.32 Å². The SMILES string of the molecule is NCCc1cccc(OCC2CCNCC2)c1. The molecule has 1 aromatic rings. The summed E-state index contributed by atoms with van der Waals surface area (Å²) in [5, 5.41) is 3.37. The van der Waals surface area contributed by atoms with E-state index < -0.39 is 0 Å². The first-order chi connectivity index (χ1) is 8.38. The van der Waals surface area contributed by atoms with Gasteiger partial charge in [-0.25, -0.2) is 0 Å². The van der Waals surface area contributed by atoms with Crippen LogP contribution in [0.4, 0.5) is 0 Å². The van der Waals surface area contributed by atoms with E-state index >= 15 is 0 Å². The second-order valence-electron chi connectivity index (χ2n) is 4.69. The standard InChI is InChI=1S/C14H22N2O/c15-7-4-12-2-1-3-14(10-12)17-11-13-5-8-16-9-6-13/h1-3,10,13,16H,4-9,11,15H2. The number of hydrogen-bond acceptors (Lipinski definition) is 3. The summed E-state index contributed by atoms with van der Waals surface area (Å²) in [5.41, 5.74) is 6.81. The fraction of sp³-hybridized carbons (Fsp3) is 0.571. The van der Waals surface area contributed by atoms with Gasteiger partial charge in [-0.15, -0.1) is 0 Å². The van der Waals surface area contributed by atoms with Gasteiger partial charge in [0.15, 0.2) is 0 Å². The van der Waals surface area contributed by atoms with Crippen molar-refractivity contribution < 1.29 is 4.74 Å². The number of rotatable bonds is 5. The first-order valence-electron chi connectivity index (χ1n) is 6.51. The van der Waals surface area contributed by atoms with Gasteiger partial charge >= 0.3 is 0 Å². The summed E-state index contributed by atoms with van der Waals surface area (Å²) in [6.45, 7) is 3.79. The predicted octanol–water partition coefficient (Wildman–Crippen LogP) is 1.57. The van der Waals surface area contributed by atoms with Crippen LogP contribution in [0.25, 0.3) is 0 Å². The zero-order valence-corrected chi connectivity index (χ0v) is 10.3. The molecule has 0 unspecified atom stereocenters. The highest BCUT2D eigenvalue weighted by Crippen LogP contribution is 2.17. The lowest BCUT2D eigenvalue weighted by Crippen LogP contribution is -2.30. The molecule has 1 aliphatic heterocycles. The number of hydrogen-bond donors (Lipinski definition) is 2. The third-order valence-electron chi connectivity index (χ3n) is 3.28. The lowest BCUT2D eigenvalue weighted by atomic mass is 9.99. The molecule has 2 rings (SSSR count). The van der Waals surface area contributed by atoms with E-state index in [0.717, 1.165) is 31.9 Å². The van der Waals surface area contributed by atoms with Gasteiger partial charge in [0.05, 0.1) is 6.61 Å². The molecule has 1 fully saturated rings. The molecule has 0 radical (unpaired) electrons. The Balaban J connectivity index is 1.83. The third kappa shape index (κ3) is 4.02. The van der Waals surface area contributed by atoms with E-state index in [1.54, 1.807) is 0 Å². The number of nitrogens with two attached hydrogens (primary N) is 1. The van der Waals surface area contributed by atoms with E-state index in [1.807, 2.05) is 12.1 Å². The van der Waals surface area contributed by atoms with Crippen LogP contribution >= 0.6 is 0 Å². The van der Waals surface area contributed by atoms with Gasteiger partial charge < -0.3 is 15.8 Å². The number of piperidine rings is 1. The van der Waals surface area contributed by atoms with Gasteiger partial charge in [-0.05, 0) is 62.5 Å². The Bertz CT molecular complexity index is 335. The van der Waals surface area contributed by atoms with E-state index in [9.17, 15) is 0 Å². The molecule has 0 aromatic heterocycles. The van der Waals surface area contributed by atoms with Crippen LogP contribution in [0.3, 0.4) is 0 Å². The minimum Gasteiger partial charge on any atom is -0.493 e. The largest absolute Gasteiger partial charge is 0.493 e. The smallest absolute Gasteiger partial charge is 0.119 e. The number of nitrogens with one attached hydrogen (secondary N) is 1. The zero-order valence-electron chi connectivity index (χ0n) is 10.3. The summed E-state index contributed by atoms with van der Waals surface area (Å²) in [6, 6.07) is 8.28. The Morgan fingerprint density at radius 3 is 2.88 bits per heavy atom. The van der Waals surface area contributed by atoms with Gasteiger partial charge in [-0.2, -0.15) is 0 Å². The fourth-order valence-electron chi connectivity index (χ4n) is 2.22. The molecule has 0 bridgehead atoms. The fourth-order valence-corrected chi connectivity index (χ4v) is 2.22. The zero-order chi connectivity index (χ0) is 11.9. The summed E-state index contributed by atoms with van der Waals surface area (Å²) in [7, 11) is 0. The highest BCUT2D eigenvalue weighted by atomic mass is 16.5. The van der Waals surface area contributed by atoms with Crippen molar-refractivity contribution in [2.45, 2.75) is 19.3 Å². The number of ether oxygens (including phenoxy) is 1. The van der Waals surface area contributed by atoms with E-state index in [2.05, 4.69) is 17.4 Å². The molecule has 0 amide bonds. The van der Waals surface area contributed by atoms with Gasteiger partial charge in [0.1, 0.15) is 5.75 Å². The summed E-state index contributed by atoms with van der Waals surface area (Å²) in [4.78, 5) is 0. The lowest BCUT2D eigenvalue weighted by molar-refractivity contribution is 0.215. The minimum absolute atomic E-state index is 0.692. The third-order valence-corrected chi connectivity index (χ3v) is 3.28. The molecule has 3 N–H and O–H groups in total. The first kappa shape index (κ1) is 12.4. The quantitative estimate of drug-likeness (QED) is 0.813. The molecule has 0 spiro atoms. The molecule has 0 atom stereocenters. The van der Waals surface area contributed by atoms with E-state index in [-0.39, 0.29) is 0 Å². The van der Waals surface area contributed by atoms with Crippen molar-refractivity contribution in [2.75, 3.05) is 26.2 Å². The molecule has 1 saturated heterocycles.